The molecule has 0 amide bonds. The van der Waals surface area contributed by atoms with Crippen molar-refractivity contribution < 1.29 is 4.79 Å². The van der Waals surface area contributed by atoms with Crippen LogP contribution in [0.2, 0.25) is 0 Å². The van der Waals surface area contributed by atoms with Gasteiger partial charge in [-0.3, -0.25) is 0 Å². The highest BCUT2D eigenvalue weighted by molar-refractivity contribution is 5.71. The number of fused-ring (bicyclic) bond motifs is 1. The highest BCUT2D eigenvalue weighted by atomic mass is 16.1. The van der Waals surface area contributed by atoms with E-state index in [0.717, 1.165) is 5.69 Å². The van der Waals surface area contributed by atoms with Crippen molar-refractivity contribution in [3.8, 4) is 0 Å². The number of hydrogen-bond acceptors (Lipinski definition) is 2. The van der Waals surface area contributed by atoms with Crippen molar-refractivity contribution in [3.63, 3.8) is 0 Å². The van der Waals surface area contributed by atoms with E-state index in [1.165, 1.54) is 5.56 Å². The van der Waals surface area contributed by atoms with Gasteiger partial charge >= 0.3 is 0 Å². The molecule has 11 heavy (non-hydrogen) atoms. The minimum atomic E-state index is 0.631. The van der Waals surface area contributed by atoms with Gasteiger partial charge in [0.2, 0.25) is 0 Å². The average Bonchev–Trinajstić information content (AvgIpc) is 2.46. The minimum Gasteiger partial charge on any atom is -0.349 e. The lowest BCUT2D eigenvalue weighted by atomic mass is 10.2. The maximum Gasteiger partial charge on any atom is 0.146 e. The molecule has 1 heterocycles. The third kappa shape index (κ3) is 0.935. The Morgan fingerprint density at radius 2 is 2.18 bits per heavy atom. The highest BCUT2D eigenvalue weighted by Crippen LogP contribution is 2.25. The number of benzene rings is 1. The lowest BCUT2D eigenvalue weighted by Crippen LogP contribution is -1.90. The summed E-state index contributed by atoms with van der Waals surface area (Å²) in [5.74, 6) is 1.87. The lowest BCUT2D eigenvalue weighted by molar-refractivity contribution is 0.567. The molecule has 1 aliphatic heterocycles. The first kappa shape index (κ1) is 6.20. The zero-order chi connectivity index (χ0) is 7.68. The highest BCUT2D eigenvalue weighted by Gasteiger charge is 2.13. The molecule has 54 valence electrons. The van der Waals surface area contributed by atoms with Crippen LogP contribution in [0.5, 0.6) is 0 Å². The van der Waals surface area contributed by atoms with Crippen LogP contribution >= 0.6 is 0 Å². The van der Waals surface area contributed by atoms with Gasteiger partial charge in [0.1, 0.15) is 11.6 Å². The molecule has 1 aromatic rings. The van der Waals surface area contributed by atoms with Gasteiger partial charge in [-0.15, -0.1) is 0 Å². The summed E-state index contributed by atoms with van der Waals surface area (Å²) in [4.78, 5) is 10.3. The van der Waals surface area contributed by atoms with Gasteiger partial charge in [0.15, 0.2) is 0 Å². The largest absolute Gasteiger partial charge is 0.349 e. The van der Waals surface area contributed by atoms with Gasteiger partial charge < -0.3 is 5.32 Å². The number of hydrogen-bond donors (Lipinski definition) is 1. The quantitative estimate of drug-likeness (QED) is 0.558. The predicted molar refractivity (Wildman–Crippen MR) is 43.0 cm³/mol. The molecule has 0 spiro atoms. The molecule has 0 unspecified atom stereocenters. The Morgan fingerprint density at radius 3 is 2.91 bits per heavy atom. The van der Waals surface area contributed by atoms with Crippen molar-refractivity contribution >= 4 is 11.6 Å². The van der Waals surface area contributed by atoms with E-state index in [-0.39, 0.29) is 0 Å². The van der Waals surface area contributed by atoms with Crippen LogP contribution in [-0.4, -0.2) is 5.94 Å². The Hall–Kier alpha value is -1.53. The summed E-state index contributed by atoms with van der Waals surface area (Å²) in [6, 6.07) is 7.88. The Bertz CT molecular complexity index is 310. The van der Waals surface area contributed by atoms with Gasteiger partial charge in [-0.25, -0.2) is 4.79 Å². The summed E-state index contributed by atoms with van der Waals surface area (Å²) < 4.78 is 0. The van der Waals surface area contributed by atoms with Gasteiger partial charge in [0.25, 0.3) is 0 Å². The smallest absolute Gasteiger partial charge is 0.146 e. The first-order valence-electron chi connectivity index (χ1n) is 3.49. The number of para-hydroxylation sites is 1. The zero-order valence-electron chi connectivity index (χ0n) is 5.92. The van der Waals surface area contributed by atoms with Crippen LogP contribution in [0, 0.1) is 0 Å². The van der Waals surface area contributed by atoms with Gasteiger partial charge in [0, 0.05) is 12.1 Å². The van der Waals surface area contributed by atoms with E-state index in [1.54, 1.807) is 0 Å². The summed E-state index contributed by atoms with van der Waals surface area (Å²) in [5, 5.41) is 2.98. The van der Waals surface area contributed by atoms with Gasteiger partial charge in [-0.1, -0.05) is 18.2 Å². The first-order valence-corrected chi connectivity index (χ1v) is 3.49. The normalized spacial score (nSPS) is 13.6. The first-order chi connectivity index (χ1) is 5.40. The van der Waals surface area contributed by atoms with E-state index < -0.39 is 0 Å². The second-order valence-electron chi connectivity index (χ2n) is 2.54. The van der Waals surface area contributed by atoms with Crippen molar-refractivity contribution in [1.82, 2.24) is 0 Å². The fourth-order valence-corrected chi connectivity index (χ4v) is 1.26. The second kappa shape index (κ2) is 2.26. The number of rotatable bonds is 0. The maximum absolute atomic E-state index is 10.3. The molecule has 1 aliphatic rings. The van der Waals surface area contributed by atoms with Crippen molar-refractivity contribution in [2.75, 3.05) is 5.32 Å². The SMILES string of the molecule is O=C=C1Cc2ccccc2N1. The summed E-state index contributed by atoms with van der Waals surface area (Å²) in [6.45, 7) is 0. The van der Waals surface area contributed by atoms with E-state index in [1.807, 2.05) is 30.2 Å². The third-order valence-corrected chi connectivity index (χ3v) is 1.79. The molecule has 0 aliphatic carbocycles. The van der Waals surface area contributed by atoms with Gasteiger partial charge in [-0.05, 0) is 11.6 Å². The molecule has 0 atom stereocenters. The Morgan fingerprint density at radius 1 is 1.36 bits per heavy atom. The van der Waals surface area contributed by atoms with Crippen LogP contribution in [0.25, 0.3) is 0 Å². The molecule has 1 aromatic carbocycles. The van der Waals surface area contributed by atoms with Crippen LogP contribution in [-0.2, 0) is 11.2 Å². The summed E-state index contributed by atoms with van der Waals surface area (Å²) >= 11 is 0. The maximum atomic E-state index is 10.3. The lowest BCUT2D eigenvalue weighted by Gasteiger charge is -1.94. The van der Waals surface area contributed by atoms with E-state index >= 15 is 0 Å². The molecule has 2 rings (SSSR count). The number of anilines is 1. The van der Waals surface area contributed by atoms with Crippen LogP contribution in [0.4, 0.5) is 5.69 Å². The van der Waals surface area contributed by atoms with Crippen LogP contribution in [0.15, 0.2) is 30.0 Å². The Balaban J connectivity index is 2.48. The Kier molecular flexibility index (Phi) is 1.27. The van der Waals surface area contributed by atoms with E-state index in [2.05, 4.69) is 5.32 Å². The Labute approximate surface area is 64.5 Å². The number of nitrogens with one attached hydrogen (secondary N) is 1. The molecule has 0 bridgehead atoms. The monoisotopic (exact) mass is 145 g/mol. The van der Waals surface area contributed by atoms with Crippen molar-refractivity contribution in [1.29, 1.82) is 0 Å². The van der Waals surface area contributed by atoms with Gasteiger partial charge in [-0.2, -0.15) is 0 Å². The number of carbonyl (C=O) groups excluding carboxylic acids is 1. The molecule has 0 fully saturated rings. The zero-order valence-corrected chi connectivity index (χ0v) is 5.92. The molecule has 0 saturated heterocycles. The molecule has 2 nitrogen and oxygen atoms in total. The fraction of sp³-hybridized carbons (Fsp3) is 0.111. The number of allylic oxidation sites excluding steroid dienone is 1. The fourth-order valence-electron chi connectivity index (χ4n) is 1.26. The van der Waals surface area contributed by atoms with Crippen molar-refractivity contribution in [3.05, 3.63) is 35.5 Å². The van der Waals surface area contributed by atoms with E-state index in [0.29, 0.717) is 12.1 Å². The molecule has 1 N–H and O–H groups in total. The predicted octanol–water partition coefficient (Wildman–Crippen LogP) is 1.37. The van der Waals surface area contributed by atoms with Crippen LogP contribution < -0.4 is 5.32 Å². The molecule has 0 aromatic heterocycles. The molecule has 0 saturated carbocycles. The minimum absolute atomic E-state index is 0.631. The second-order valence-corrected chi connectivity index (χ2v) is 2.54. The molecular weight excluding hydrogens is 138 g/mol. The van der Waals surface area contributed by atoms with Crippen LogP contribution in [0.1, 0.15) is 5.56 Å². The summed E-state index contributed by atoms with van der Waals surface area (Å²) in [7, 11) is 0. The summed E-state index contributed by atoms with van der Waals surface area (Å²) in [6.07, 6.45) is 0.694. The summed E-state index contributed by atoms with van der Waals surface area (Å²) in [5.41, 5.74) is 2.84. The standard InChI is InChI=1S/C9H7NO/c11-6-8-5-7-3-1-2-4-9(7)10-8/h1-4,10H,5H2. The third-order valence-electron chi connectivity index (χ3n) is 1.79. The van der Waals surface area contributed by atoms with Crippen molar-refractivity contribution in [2.24, 2.45) is 0 Å². The van der Waals surface area contributed by atoms with Crippen LogP contribution in [0.3, 0.4) is 0 Å². The van der Waals surface area contributed by atoms with E-state index in [4.69, 9.17) is 0 Å². The van der Waals surface area contributed by atoms with Crippen molar-refractivity contribution in [2.45, 2.75) is 6.42 Å². The molecular formula is C9H7NO. The topological polar surface area (TPSA) is 29.1 Å². The van der Waals surface area contributed by atoms with E-state index in [9.17, 15) is 4.79 Å². The average molecular weight is 145 g/mol. The molecule has 0 radical (unpaired) electrons. The van der Waals surface area contributed by atoms with Gasteiger partial charge in [0.05, 0.1) is 0 Å². The molecule has 2 heteroatoms.